The van der Waals surface area contributed by atoms with E-state index in [4.69, 9.17) is 0 Å². The Morgan fingerprint density at radius 3 is 2.33 bits per heavy atom. The smallest absolute Gasteiger partial charge is 0.406 e. The van der Waals surface area contributed by atoms with Gasteiger partial charge in [0.15, 0.2) is 0 Å². The van der Waals surface area contributed by atoms with E-state index in [-0.39, 0.29) is 17.6 Å². The minimum absolute atomic E-state index is 0.142. The molecule has 0 aromatic heterocycles. The number of halogens is 3. The van der Waals surface area contributed by atoms with Crippen LogP contribution in [0.3, 0.4) is 0 Å². The Hall–Kier alpha value is -1.72. The van der Waals surface area contributed by atoms with Crippen LogP contribution in [0.15, 0.2) is 24.3 Å². The van der Waals surface area contributed by atoms with Gasteiger partial charge in [-0.2, -0.15) is 0 Å². The summed E-state index contributed by atoms with van der Waals surface area (Å²) in [5, 5.41) is 2.61. The van der Waals surface area contributed by atoms with Crippen molar-refractivity contribution in [2.45, 2.75) is 26.6 Å². The number of carbonyl (C=O) groups excluding carboxylic acids is 1. The van der Waals surface area contributed by atoms with Gasteiger partial charge in [0.05, 0.1) is 0 Å². The second-order valence-electron chi connectivity index (χ2n) is 3.87. The van der Waals surface area contributed by atoms with Crippen LogP contribution in [0.2, 0.25) is 0 Å². The molecule has 1 rings (SSSR count). The molecular weight excluding hydrogens is 247 g/mol. The second kappa shape index (κ2) is 5.75. The molecular formula is C12H14F3NO2. The third kappa shape index (κ3) is 4.65. The molecule has 0 fully saturated rings. The molecule has 0 saturated carbocycles. The van der Waals surface area contributed by atoms with Gasteiger partial charge in [-0.25, -0.2) is 0 Å². The molecule has 3 nitrogen and oxygen atoms in total. The van der Waals surface area contributed by atoms with Gasteiger partial charge in [0.25, 0.3) is 0 Å². The molecule has 0 aliphatic heterocycles. The number of anilines is 1. The summed E-state index contributed by atoms with van der Waals surface area (Å²) in [6.45, 7) is 3.65. The quantitative estimate of drug-likeness (QED) is 0.899. The molecule has 0 radical (unpaired) electrons. The molecule has 1 aromatic carbocycles. The Labute approximate surface area is 103 Å². The fourth-order valence-corrected chi connectivity index (χ4v) is 1.19. The fourth-order valence-electron chi connectivity index (χ4n) is 1.19. The van der Waals surface area contributed by atoms with Crippen LogP contribution in [-0.2, 0) is 4.79 Å². The maximum Gasteiger partial charge on any atom is 0.573 e. The molecule has 0 aliphatic rings. The largest absolute Gasteiger partial charge is 0.573 e. The number of rotatable bonds is 4. The second-order valence-corrected chi connectivity index (χ2v) is 3.87. The van der Waals surface area contributed by atoms with Crippen LogP contribution < -0.4 is 10.1 Å². The van der Waals surface area contributed by atoms with Gasteiger partial charge in [-0.15, -0.1) is 13.2 Å². The maximum atomic E-state index is 11.9. The van der Waals surface area contributed by atoms with Crippen LogP contribution in [0.1, 0.15) is 20.3 Å². The predicted octanol–water partition coefficient (Wildman–Crippen LogP) is 3.57. The van der Waals surface area contributed by atoms with Crippen molar-refractivity contribution >= 4 is 11.6 Å². The SMILES string of the molecule is CC[C@H](C)C(=O)Nc1ccc(OC(F)(F)F)cc1. The normalized spacial score (nSPS) is 12.9. The number of amides is 1. The van der Waals surface area contributed by atoms with Crippen molar-refractivity contribution in [1.29, 1.82) is 0 Å². The Balaban J connectivity index is 2.63. The highest BCUT2D eigenvalue weighted by molar-refractivity contribution is 5.92. The first kappa shape index (κ1) is 14.3. The van der Waals surface area contributed by atoms with Gasteiger partial charge in [-0.3, -0.25) is 4.79 Å². The van der Waals surface area contributed by atoms with Crippen molar-refractivity contribution in [3.63, 3.8) is 0 Å². The molecule has 1 amide bonds. The zero-order chi connectivity index (χ0) is 13.8. The third-order valence-electron chi connectivity index (χ3n) is 2.42. The molecule has 0 heterocycles. The number of hydrogen-bond acceptors (Lipinski definition) is 2. The molecule has 1 aromatic rings. The van der Waals surface area contributed by atoms with Crippen LogP contribution in [0.25, 0.3) is 0 Å². The Kier molecular flexibility index (Phi) is 4.58. The number of benzene rings is 1. The van der Waals surface area contributed by atoms with Gasteiger partial charge in [-0.1, -0.05) is 13.8 Å². The number of nitrogens with one attached hydrogen (secondary N) is 1. The van der Waals surface area contributed by atoms with E-state index in [1.54, 1.807) is 6.92 Å². The molecule has 0 bridgehead atoms. The summed E-state index contributed by atoms with van der Waals surface area (Å²) in [6, 6.07) is 5.03. The molecule has 100 valence electrons. The van der Waals surface area contributed by atoms with Crippen molar-refractivity contribution in [3.05, 3.63) is 24.3 Å². The average molecular weight is 261 g/mol. The van der Waals surface area contributed by atoms with Crippen molar-refractivity contribution in [1.82, 2.24) is 0 Å². The predicted molar refractivity (Wildman–Crippen MR) is 61.2 cm³/mol. The van der Waals surface area contributed by atoms with Crippen LogP contribution in [0, 0.1) is 5.92 Å². The Morgan fingerprint density at radius 2 is 1.89 bits per heavy atom. The summed E-state index contributed by atoms with van der Waals surface area (Å²) < 4.78 is 39.5. The minimum atomic E-state index is -4.71. The Bertz CT molecular complexity index is 401. The van der Waals surface area contributed by atoms with Crippen molar-refractivity contribution in [2.24, 2.45) is 5.92 Å². The number of carbonyl (C=O) groups is 1. The third-order valence-corrected chi connectivity index (χ3v) is 2.42. The molecule has 1 atom stereocenters. The maximum absolute atomic E-state index is 11.9. The minimum Gasteiger partial charge on any atom is -0.406 e. The van der Waals surface area contributed by atoms with Gasteiger partial charge in [0.2, 0.25) is 5.91 Å². The molecule has 0 saturated heterocycles. The average Bonchev–Trinajstić information content (AvgIpc) is 2.28. The molecule has 0 spiro atoms. The molecule has 6 heteroatoms. The van der Waals surface area contributed by atoms with Gasteiger partial charge in [-0.05, 0) is 30.7 Å². The highest BCUT2D eigenvalue weighted by Crippen LogP contribution is 2.24. The summed E-state index contributed by atoms with van der Waals surface area (Å²) in [5.74, 6) is -0.623. The number of ether oxygens (including phenoxy) is 1. The van der Waals surface area contributed by atoms with E-state index in [9.17, 15) is 18.0 Å². The summed E-state index contributed by atoms with van der Waals surface area (Å²) in [4.78, 5) is 11.5. The van der Waals surface area contributed by atoms with E-state index >= 15 is 0 Å². The standard InChI is InChI=1S/C12H14F3NO2/c1-3-8(2)11(17)16-9-4-6-10(7-5-9)18-12(13,14)15/h4-8H,3H2,1-2H3,(H,16,17)/t8-/m0/s1. The monoisotopic (exact) mass is 261 g/mol. The van der Waals surface area contributed by atoms with E-state index in [1.807, 2.05) is 6.92 Å². The first-order valence-corrected chi connectivity index (χ1v) is 5.48. The molecule has 18 heavy (non-hydrogen) atoms. The number of alkyl halides is 3. The molecule has 1 N–H and O–H groups in total. The van der Waals surface area contributed by atoms with E-state index in [0.29, 0.717) is 12.1 Å². The lowest BCUT2D eigenvalue weighted by atomic mass is 10.1. The fraction of sp³-hybridized carbons (Fsp3) is 0.417. The summed E-state index contributed by atoms with van der Waals surface area (Å²) in [7, 11) is 0. The lowest BCUT2D eigenvalue weighted by Gasteiger charge is -2.11. The molecule has 0 unspecified atom stereocenters. The van der Waals surface area contributed by atoms with E-state index in [2.05, 4.69) is 10.1 Å². The zero-order valence-corrected chi connectivity index (χ0v) is 10.0. The van der Waals surface area contributed by atoms with Gasteiger partial charge in [0, 0.05) is 11.6 Å². The van der Waals surface area contributed by atoms with Gasteiger partial charge in [0.1, 0.15) is 5.75 Å². The van der Waals surface area contributed by atoms with Crippen LogP contribution in [0.4, 0.5) is 18.9 Å². The topological polar surface area (TPSA) is 38.3 Å². The summed E-state index contributed by atoms with van der Waals surface area (Å²) in [5.41, 5.74) is 0.440. The number of hydrogen-bond donors (Lipinski definition) is 1. The van der Waals surface area contributed by atoms with Gasteiger partial charge < -0.3 is 10.1 Å². The summed E-state index contributed by atoms with van der Waals surface area (Å²) in [6.07, 6.45) is -4.01. The highest BCUT2D eigenvalue weighted by atomic mass is 19.4. The van der Waals surface area contributed by atoms with Crippen molar-refractivity contribution in [3.8, 4) is 5.75 Å². The first-order valence-electron chi connectivity index (χ1n) is 5.48. The Morgan fingerprint density at radius 1 is 1.33 bits per heavy atom. The lowest BCUT2D eigenvalue weighted by molar-refractivity contribution is -0.274. The van der Waals surface area contributed by atoms with Crippen molar-refractivity contribution < 1.29 is 22.7 Å². The van der Waals surface area contributed by atoms with Gasteiger partial charge >= 0.3 is 6.36 Å². The van der Waals surface area contributed by atoms with E-state index in [1.165, 1.54) is 12.1 Å². The van der Waals surface area contributed by atoms with E-state index < -0.39 is 6.36 Å². The van der Waals surface area contributed by atoms with Crippen molar-refractivity contribution in [2.75, 3.05) is 5.32 Å². The van der Waals surface area contributed by atoms with E-state index in [0.717, 1.165) is 12.1 Å². The highest BCUT2D eigenvalue weighted by Gasteiger charge is 2.30. The van der Waals surface area contributed by atoms with Crippen LogP contribution in [0.5, 0.6) is 5.75 Å². The lowest BCUT2D eigenvalue weighted by Crippen LogP contribution is -2.19. The molecule has 0 aliphatic carbocycles. The summed E-state index contributed by atoms with van der Waals surface area (Å²) >= 11 is 0. The van der Waals surface area contributed by atoms with Crippen LogP contribution >= 0.6 is 0 Å². The first-order chi connectivity index (χ1) is 8.31. The zero-order valence-electron chi connectivity index (χ0n) is 10.0. The van der Waals surface area contributed by atoms with Crippen LogP contribution in [-0.4, -0.2) is 12.3 Å².